The Kier molecular flexibility index (Phi) is 4.63. The molecule has 124 valence electrons. The second-order valence-electron chi connectivity index (χ2n) is 5.02. The molecule has 2 heterocycles. The lowest BCUT2D eigenvalue weighted by Gasteiger charge is -2.17. The maximum atomic E-state index is 12.3. The van der Waals surface area contributed by atoms with Gasteiger partial charge in [0.1, 0.15) is 5.75 Å². The first-order valence-corrected chi connectivity index (χ1v) is 8.77. The Bertz CT molecular complexity index is 744. The highest BCUT2D eigenvalue weighted by Crippen LogP contribution is 2.32. The number of thioether (sulfide) groups is 2. The van der Waals surface area contributed by atoms with E-state index in [1.54, 1.807) is 18.2 Å². The Labute approximate surface area is 145 Å². The Morgan fingerprint density at radius 1 is 1.00 bits per heavy atom. The van der Waals surface area contributed by atoms with Crippen molar-refractivity contribution in [1.29, 1.82) is 0 Å². The molecule has 2 saturated heterocycles. The van der Waals surface area contributed by atoms with Crippen LogP contribution in [0.15, 0.2) is 29.2 Å². The average molecular weight is 364 g/mol. The monoisotopic (exact) mass is 364 g/mol. The molecule has 1 aromatic carbocycles. The van der Waals surface area contributed by atoms with Crippen molar-refractivity contribution < 1.29 is 24.3 Å². The highest BCUT2D eigenvalue weighted by atomic mass is 32.2. The molecule has 1 aromatic rings. The van der Waals surface area contributed by atoms with Crippen LogP contribution in [-0.4, -0.2) is 56.0 Å². The van der Waals surface area contributed by atoms with Crippen molar-refractivity contribution >= 4 is 51.9 Å². The van der Waals surface area contributed by atoms with Crippen molar-refractivity contribution in [3.63, 3.8) is 0 Å². The number of hydrogen-bond donors (Lipinski definition) is 1. The van der Waals surface area contributed by atoms with Gasteiger partial charge in [0, 0.05) is 13.1 Å². The molecule has 24 heavy (non-hydrogen) atoms. The van der Waals surface area contributed by atoms with Crippen LogP contribution >= 0.6 is 23.5 Å². The summed E-state index contributed by atoms with van der Waals surface area (Å²) in [5.74, 6) is -0.555. The van der Waals surface area contributed by atoms with Crippen molar-refractivity contribution in [2.45, 2.75) is 0 Å². The molecule has 0 radical (unpaired) electrons. The summed E-state index contributed by atoms with van der Waals surface area (Å²) in [4.78, 5) is 49.7. The fraction of sp³-hybridized carbons (Fsp3) is 0.200. The third-order valence-electron chi connectivity index (χ3n) is 3.45. The summed E-state index contributed by atoms with van der Waals surface area (Å²) in [5, 5.41) is 8.47. The molecule has 0 saturated carbocycles. The Morgan fingerprint density at radius 2 is 1.67 bits per heavy atom. The highest BCUT2D eigenvalue weighted by Gasteiger charge is 2.37. The summed E-state index contributed by atoms with van der Waals surface area (Å²) < 4.78 is 0. The number of amides is 4. The van der Waals surface area contributed by atoms with Gasteiger partial charge in [-0.15, -0.1) is 0 Å². The molecule has 0 aromatic heterocycles. The fourth-order valence-electron chi connectivity index (χ4n) is 2.21. The molecule has 9 heteroatoms. The first-order valence-electron chi connectivity index (χ1n) is 6.97. The van der Waals surface area contributed by atoms with Gasteiger partial charge >= 0.3 is 0 Å². The van der Waals surface area contributed by atoms with Crippen molar-refractivity contribution in [1.82, 2.24) is 9.80 Å². The maximum absolute atomic E-state index is 12.3. The number of carbonyl (C=O) groups is 4. The molecule has 7 nitrogen and oxygen atoms in total. The smallest absolute Gasteiger partial charge is 0.293 e. The van der Waals surface area contributed by atoms with Crippen molar-refractivity contribution in [2.75, 3.05) is 18.8 Å². The van der Waals surface area contributed by atoms with Gasteiger partial charge in [-0.3, -0.25) is 29.0 Å². The van der Waals surface area contributed by atoms with Crippen LogP contribution in [0, 0.1) is 0 Å². The van der Waals surface area contributed by atoms with Crippen LogP contribution in [0.25, 0.3) is 6.08 Å². The number of phenols is 1. The Balaban J connectivity index is 1.69. The van der Waals surface area contributed by atoms with Gasteiger partial charge in [0.15, 0.2) is 0 Å². The summed E-state index contributed by atoms with van der Waals surface area (Å²) in [6.07, 6.45) is 1.56. The van der Waals surface area contributed by atoms with Crippen LogP contribution < -0.4 is 0 Å². The predicted octanol–water partition coefficient (Wildman–Crippen LogP) is 2.12. The summed E-state index contributed by atoms with van der Waals surface area (Å²) in [6.45, 7) is -0.00911. The van der Waals surface area contributed by atoms with Crippen LogP contribution in [-0.2, 0) is 9.59 Å². The molecule has 2 aliphatic rings. The van der Waals surface area contributed by atoms with Crippen molar-refractivity contribution in [3.8, 4) is 5.75 Å². The molecular weight excluding hydrogens is 352 g/mol. The molecule has 0 aliphatic carbocycles. The van der Waals surface area contributed by atoms with E-state index in [0.717, 1.165) is 33.3 Å². The zero-order chi connectivity index (χ0) is 17.3. The van der Waals surface area contributed by atoms with E-state index in [-0.39, 0.29) is 40.6 Å². The van der Waals surface area contributed by atoms with Gasteiger partial charge in [0.25, 0.3) is 16.4 Å². The van der Waals surface area contributed by atoms with Crippen LogP contribution in [0.2, 0.25) is 0 Å². The van der Waals surface area contributed by atoms with Gasteiger partial charge in [0.05, 0.1) is 10.7 Å². The van der Waals surface area contributed by atoms with Crippen LogP contribution in [0.4, 0.5) is 9.59 Å². The number of aromatic hydroxyl groups is 1. The quantitative estimate of drug-likeness (QED) is 0.818. The third-order valence-corrected chi connectivity index (χ3v) is 5.22. The van der Waals surface area contributed by atoms with Gasteiger partial charge < -0.3 is 5.11 Å². The van der Waals surface area contributed by atoms with E-state index in [1.165, 1.54) is 12.1 Å². The normalized spacial score (nSPS) is 19.9. The van der Waals surface area contributed by atoms with E-state index in [2.05, 4.69) is 0 Å². The van der Waals surface area contributed by atoms with Crippen LogP contribution in [0.1, 0.15) is 5.56 Å². The molecule has 2 fully saturated rings. The molecule has 0 spiro atoms. The zero-order valence-corrected chi connectivity index (χ0v) is 13.9. The number of imide groups is 2. The third kappa shape index (κ3) is 3.31. The number of phenolic OH excluding ortho intramolecular Hbond substituents is 1. The summed E-state index contributed by atoms with van der Waals surface area (Å²) in [7, 11) is 0. The average Bonchev–Trinajstić information content (AvgIpc) is 3.00. The first kappa shape index (κ1) is 16.6. The highest BCUT2D eigenvalue weighted by molar-refractivity contribution is 8.18. The number of benzene rings is 1. The first-order chi connectivity index (χ1) is 11.5. The Hall–Kier alpha value is -2.26. The van der Waals surface area contributed by atoms with E-state index in [1.807, 2.05) is 0 Å². The summed E-state index contributed by atoms with van der Waals surface area (Å²) >= 11 is 1.72. The van der Waals surface area contributed by atoms with Crippen molar-refractivity contribution in [2.24, 2.45) is 0 Å². The standard InChI is InChI=1S/C15H12N2O5S2/c18-10-3-1-9(2-4-10)7-11-13(20)17(15(22)24-11)6-5-16-12(19)8-23-14(16)21/h1-4,7,18H,5-6,8H2/b11-7-. The number of nitrogens with zero attached hydrogens (tertiary/aromatic N) is 2. The molecule has 1 N–H and O–H groups in total. The molecule has 0 bridgehead atoms. The van der Waals surface area contributed by atoms with Crippen LogP contribution in [0.3, 0.4) is 0 Å². The lowest BCUT2D eigenvalue weighted by molar-refractivity contribution is -0.126. The van der Waals surface area contributed by atoms with Crippen LogP contribution in [0.5, 0.6) is 5.75 Å². The summed E-state index contributed by atoms with van der Waals surface area (Å²) in [5.41, 5.74) is 0.680. The minimum Gasteiger partial charge on any atom is -0.508 e. The van der Waals surface area contributed by atoms with Gasteiger partial charge in [-0.25, -0.2) is 0 Å². The van der Waals surface area contributed by atoms with Gasteiger partial charge in [-0.2, -0.15) is 0 Å². The molecule has 4 amide bonds. The minimum atomic E-state index is -0.454. The number of rotatable bonds is 4. The van der Waals surface area contributed by atoms with E-state index >= 15 is 0 Å². The second kappa shape index (κ2) is 6.70. The lowest BCUT2D eigenvalue weighted by atomic mass is 10.2. The SMILES string of the molecule is O=C1CSC(=O)N1CCN1C(=O)S/C(=C\c2ccc(O)cc2)C1=O. The van der Waals surface area contributed by atoms with Gasteiger partial charge in [0.2, 0.25) is 5.91 Å². The summed E-state index contributed by atoms with van der Waals surface area (Å²) in [6, 6.07) is 6.22. The maximum Gasteiger partial charge on any atom is 0.293 e. The topological polar surface area (TPSA) is 95.0 Å². The molecule has 0 atom stereocenters. The van der Waals surface area contributed by atoms with Gasteiger partial charge in [-0.1, -0.05) is 23.9 Å². The Morgan fingerprint density at radius 3 is 2.29 bits per heavy atom. The molecule has 3 rings (SSSR count). The van der Waals surface area contributed by atoms with Crippen molar-refractivity contribution in [3.05, 3.63) is 34.7 Å². The fourth-order valence-corrected chi connectivity index (χ4v) is 3.83. The molecule has 0 unspecified atom stereocenters. The largest absolute Gasteiger partial charge is 0.508 e. The van der Waals surface area contributed by atoms with E-state index < -0.39 is 11.1 Å². The number of hydrogen-bond acceptors (Lipinski definition) is 7. The second-order valence-corrected chi connectivity index (χ2v) is 6.94. The van der Waals surface area contributed by atoms with Gasteiger partial charge in [-0.05, 0) is 35.5 Å². The number of carbonyl (C=O) groups excluding carboxylic acids is 4. The molecule has 2 aliphatic heterocycles. The molecular formula is C15H12N2O5S2. The minimum absolute atomic E-state index is 0.00912. The lowest BCUT2D eigenvalue weighted by Crippen LogP contribution is -2.39. The van der Waals surface area contributed by atoms with E-state index in [4.69, 9.17) is 0 Å². The zero-order valence-electron chi connectivity index (χ0n) is 12.3. The van der Waals surface area contributed by atoms with E-state index in [9.17, 15) is 24.3 Å². The van der Waals surface area contributed by atoms with E-state index in [0.29, 0.717) is 5.56 Å². The predicted molar refractivity (Wildman–Crippen MR) is 90.4 cm³/mol.